The van der Waals surface area contributed by atoms with Crippen LogP contribution in [0.5, 0.6) is 5.75 Å². The molecule has 4 rings (SSSR count). The van der Waals surface area contributed by atoms with Gasteiger partial charge in [-0.25, -0.2) is 8.42 Å². The number of nitrogens with zero attached hydrogens (tertiary/aromatic N) is 2. The number of likely N-dealkylation sites (N-methyl/N-ethyl adjacent to an activating group) is 1. The minimum absolute atomic E-state index is 0.0271. The second-order valence-electron chi connectivity index (χ2n) is 10.3. The van der Waals surface area contributed by atoms with Gasteiger partial charge in [0.2, 0.25) is 11.8 Å². The van der Waals surface area contributed by atoms with Gasteiger partial charge in [-0.05, 0) is 67.4 Å². The lowest BCUT2D eigenvalue weighted by atomic mass is 10.0. The highest BCUT2D eigenvalue weighted by molar-refractivity contribution is 7.92. The number of hydrogen-bond acceptors (Lipinski definition) is 5. The summed E-state index contributed by atoms with van der Waals surface area (Å²) < 4.78 is 34.4. The first-order chi connectivity index (χ1) is 21.1. The number of hydrogen-bond donors (Lipinski definition) is 1. The number of benzene rings is 4. The Bertz CT molecular complexity index is 1660. The number of methoxy groups -OCH3 is 1. The lowest BCUT2D eigenvalue weighted by Gasteiger charge is -2.34. The Balaban J connectivity index is 1.79. The van der Waals surface area contributed by atoms with Crippen LogP contribution in [0.4, 0.5) is 5.69 Å². The molecule has 0 spiro atoms. The first-order valence-electron chi connectivity index (χ1n) is 14.2. The first kappa shape index (κ1) is 32.6. The Kier molecular flexibility index (Phi) is 11.0. The van der Waals surface area contributed by atoms with Crippen molar-refractivity contribution in [3.8, 4) is 5.75 Å². The molecule has 44 heavy (non-hydrogen) atoms. The number of sulfonamides is 1. The average molecular weight is 634 g/mol. The molecule has 8 nitrogen and oxygen atoms in total. The van der Waals surface area contributed by atoms with E-state index in [1.807, 2.05) is 68.4 Å². The summed E-state index contributed by atoms with van der Waals surface area (Å²) in [7, 11) is -2.76. The standard InChI is InChI=1S/C34H36ClN3O5S/c1-4-36-34(40)32(21-26-9-6-5-7-10-26)37(23-27-15-13-25(2)14-16-27)33(39)24-38(29-12-8-11-28(35)22-29)44(41,42)31-19-17-30(43-3)18-20-31/h5-20,22,32H,4,21,23-24H2,1-3H3,(H,36,40)/t32-/m0/s1. The Hall–Kier alpha value is -4.34. The molecule has 0 aliphatic carbocycles. The van der Waals surface area contributed by atoms with Gasteiger partial charge >= 0.3 is 0 Å². The van der Waals surface area contributed by atoms with Crippen molar-refractivity contribution in [2.45, 2.75) is 37.8 Å². The first-order valence-corrected chi connectivity index (χ1v) is 16.0. The lowest BCUT2D eigenvalue weighted by Crippen LogP contribution is -2.53. The van der Waals surface area contributed by atoms with E-state index in [2.05, 4.69) is 5.32 Å². The van der Waals surface area contributed by atoms with E-state index in [4.69, 9.17) is 16.3 Å². The molecule has 0 fully saturated rings. The van der Waals surface area contributed by atoms with Crippen LogP contribution in [0.3, 0.4) is 0 Å². The van der Waals surface area contributed by atoms with E-state index in [1.54, 1.807) is 30.3 Å². The van der Waals surface area contributed by atoms with Gasteiger partial charge in [0.05, 0.1) is 17.7 Å². The maximum Gasteiger partial charge on any atom is 0.264 e. The predicted molar refractivity (Wildman–Crippen MR) is 173 cm³/mol. The van der Waals surface area contributed by atoms with Crippen molar-refractivity contribution in [2.75, 3.05) is 24.5 Å². The largest absolute Gasteiger partial charge is 0.497 e. The third kappa shape index (κ3) is 8.18. The Morgan fingerprint density at radius 3 is 2.18 bits per heavy atom. The summed E-state index contributed by atoms with van der Waals surface area (Å²) in [6.45, 7) is 3.68. The lowest BCUT2D eigenvalue weighted by molar-refractivity contribution is -0.140. The minimum Gasteiger partial charge on any atom is -0.497 e. The van der Waals surface area contributed by atoms with Crippen LogP contribution >= 0.6 is 11.6 Å². The van der Waals surface area contributed by atoms with Crippen molar-refractivity contribution in [3.05, 3.63) is 125 Å². The number of carbonyl (C=O) groups excluding carboxylic acids is 2. The molecule has 0 bridgehead atoms. The summed E-state index contributed by atoms with van der Waals surface area (Å²) >= 11 is 6.27. The maximum atomic E-state index is 14.4. The zero-order valence-corrected chi connectivity index (χ0v) is 26.5. The van der Waals surface area contributed by atoms with E-state index in [-0.39, 0.29) is 29.5 Å². The molecule has 4 aromatic carbocycles. The summed E-state index contributed by atoms with van der Waals surface area (Å²) in [4.78, 5) is 29.4. The highest BCUT2D eigenvalue weighted by atomic mass is 35.5. The average Bonchev–Trinajstić information content (AvgIpc) is 3.02. The van der Waals surface area contributed by atoms with Crippen LogP contribution in [0.1, 0.15) is 23.6 Å². The molecular formula is C34H36ClN3O5S. The third-order valence-corrected chi connectivity index (χ3v) is 9.14. The quantitative estimate of drug-likeness (QED) is 0.206. The zero-order chi connectivity index (χ0) is 31.7. The van der Waals surface area contributed by atoms with Gasteiger partial charge in [0, 0.05) is 24.5 Å². The maximum absolute atomic E-state index is 14.4. The zero-order valence-electron chi connectivity index (χ0n) is 24.9. The second kappa shape index (κ2) is 14.9. The summed E-state index contributed by atoms with van der Waals surface area (Å²) in [6.07, 6.45) is 0.243. The van der Waals surface area contributed by atoms with Crippen molar-refractivity contribution in [1.29, 1.82) is 0 Å². The van der Waals surface area contributed by atoms with E-state index in [0.29, 0.717) is 17.3 Å². The molecule has 1 atom stereocenters. The van der Waals surface area contributed by atoms with Crippen molar-refractivity contribution >= 4 is 39.1 Å². The number of carbonyl (C=O) groups is 2. The van der Waals surface area contributed by atoms with Crippen LogP contribution in [-0.4, -0.2) is 51.4 Å². The smallest absolute Gasteiger partial charge is 0.264 e. The number of rotatable bonds is 13. The van der Waals surface area contributed by atoms with E-state index < -0.39 is 28.5 Å². The van der Waals surface area contributed by atoms with E-state index >= 15 is 0 Å². The van der Waals surface area contributed by atoms with Crippen molar-refractivity contribution < 1.29 is 22.7 Å². The van der Waals surface area contributed by atoms with Gasteiger partial charge in [-0.1, -0.05) is 77.8 Å². The third-order valence-electron chi connectivity index (χ3n) is 7.12. The molecule has 1 N–H and O–H groups in total. The number of halogens is 1. The van der Waals surface area contributed by atoms with Crippen LogP contribution in [0.25, 0.3) is 0 Å². The fourth-order valence-corrected chi connectivity index (χ4v) is 6.36. The number of ether oxygens (including phenoxy) is 1. The number of nitrogens with one attached hydrogen (secondary N) is 1. The van der Waals surface area contributed by atoms with Crippen molar-refractivity contribution in [1.82, 2.24) is 10.2 Å². The van der Waals surface area contributed by atoms with Gasteiger partial charge in [-0.15, -0.1) is 0 Å². The SMILES string of the molecule is CCNC(=O)[C@H](Cc1ccccc1)N(Cc1ccc(C)cc1)C(=O)CN(c1cccc(Cl)c1)S(=O)(=O)c1ccc(OC)cc1. The van der Waals surface area contributed by atoms with Crippen molar-refractivity contribution in [2.24, 2.45) is 0 Å². The topological polar surface area (TPSA) is 96.0 Å². The van der Waals surface area contributed by atoms with E-state index in [0.717, 1.165) is 21.0 Å². The number of aryl methyl sites for hydroxylation is 1. The monoisotopic (exact) mass is 633 g/mol. The predicted octanol–water partition coefficient (Wildman–Crippen LogP) is 5.63. The molecule has 0 saturated heterocycles. The van der Waals surface area contributed by atoms with Crippen LogP contribution in [0.2, 0.25) is 5.02 Å². The minimum atomic E-state index is -4.25. The Morgan fingerprint density at radius 2 is 1.57 bits per heavy atom. The van der Waals surface area contributed by atoms with Gasteiger partial charge in [0.1, 0.15) is 18.3 Å². The highest BCUT2D eigenvalue weighted by Gasteiger charge is 2.34. The summed E-state index contributed by atoms with van der Waals surface area (Å²) in [5, 5.41) is 3.17. The van der Waals surface area contributed by atoms with Crippen LogP contribution in [0, 0.1) is 6.92 Å². The Labute approximate surface area is 264 Å². The van der Waals surface area contributed by atoms with Crippen LogP contribution in [-0.2, 0) is 32.6 Å². The molecule has 0 aliphatic rings. The van der Waals surface area contributed by atoms with Crippen LogP contribution < -0.4 is 14.4 Å². The molecule has 4 aromatic rings. The van der Waals surface area contributed by atoms with Gasteiger partial charge in [0.25, 0.3) is 10.0 Å². The Morgan fingerprint density at radius 1 is 0.886 bits per heavy atom. The van der Waals surface area contributed by atoms with Gasteiger partial charge in [-0.2, -0.15) is 0 Å². The molecule has 0 aromatic heterocycles. The molecule has 0 unspecified atom stereocenters. The highest BCUT2D eigenvalue weighted by Crippen LogP contribution is 2.28. The van der Waals surface area contributed by atoms with E-state index in [1.165, 1.54) is 30.2 Å². The summed E-state index contributed by atoms with van der Waals surface area (Å²) in [5.74, 6) is -0.386. The fraction of sp³-hybridized carbons (Fsp3) is 0.235. The normalized spacial score (nSPS) is 11.8. The van der Waals surface area contributed by atoms with E-state index in [9.17, 15) is 18.0 Å². The molecule has 0 saturated carbocycles. The fourth-order valence-electron chi connectivity index (χ4n) is 4.77. The summed E-state index contributed by atoms with van der Waals surface area (Å²) in [5.41, 5.74) is 2.94. The molecule has 0 aliphatic heterocycles. The van der Waals surface area contributed by atoms with Crippen molar-refractivity contribution in [3.63, 3.8) is 0 Å². The van der Waals surface area contributed by atoms with Gasteiger partial charge in [-0.3, -0.25) is 13.9 Å². The number of amides is 2. The molecule has 230 valence electrons. The summed E-state index contributed by atoms with van der Waals surface area (Å²) in [6, 6.07) is 28.4. The van der Waals surface area contributed by atoms with Gasteiger partial charge in [0.15, 0.2) is 0 Å². The second-order valence-corrected chi connectivity index (χ2v) is 12.6. The molecule has 0 radical (unpaired) electrons. The van der Waals surface area contributed by atoms with Gasteiger partial charge < -0.3 is 15.0 Å². The van der Waals surface area contributed by atoms with Crippen LogP contribution in [0.15, 0.2) is 108 Å². The molecule has 2 amide bonds. The molecule has 0 heterocycles. The number of anilines is 1. The molecule has 10 heteroatoms. The molecular weight excluding hydrogens is 598 g/mol.